The third-order valence-corrected chi connectivity index (χ3v) is 2.75. The second-order valence-corrected chi connectivity index (χ2v) is 4.30. The maximum absolute atomic E-state index is 9.96. The lowest BCUT2D eigenvalue weighted by Gasteiger charge is -2.15. The van der Waals surface area contributed by atoms with Gasteiger partial charge in [-0.2, -0.15) is 0 Å². The van der Waals surface area contributed by atoms with Crippen molar-refractivity contribution in [2.45, 2.75) is 20.0 Å². The Labute approximate surface area is 90.4 Å². The highest BCUT2D eigenvalue weighted by atomic mass is 16.3. The van der Waals surface area contributed by atoms with Crippen LogP contribution < -0.4 is 0 Å². The molecule has 1 nitrogen and oxygen atoms in total. The van der Waals surface area contributed by atoms with Crippen molar-refractivity contribution in [2.75, 3.05) is 0 Å². The van der Waals surface area contributed by atoms with Crippen LogP contribution in [-0.2, 0) is 0 Å². The van der Waals surface area contributed by atoms with Gasteiger partial charge in [-0.15, -0.1) is 0 Å². The van der Waals surface area contributed by atoms with E-state index in [9.17, 15) is 5.11 Å². The number of benzene rings is 2. The third kappa shape index (κ3) is 2.02. The molecule has 0 aliphatic carbocycles. The van der Waals surface area contributed by atoms with Crippen LogP contribution in [0.15, 0.2) is 42.5 Å². The fourth-order valence-electron chi connectivity index (χ4n) is 1.78. The van der Waals surface area contributed by atoms with Gasteiger partial charge in [-0.3, -0.25) is 0 Å². The van der Waals surface area contributed by atoms with Gasteiger partial charge in [-0.05, 0) is 28.3 Å². The topological polar surface area (TPSA) is 20.2 Å². The zero-order valence-electron chi connectivity index (χ0n) is 9.14. The summed E-state index contributed by atoms with van der Waals surface area (Å²) in [6.07, 6.45) is -0.366. The minimum atomic E-state index is -0.366. The lowest BCUT2D eigenvalue weighted by molar-refractivity contribution is 0.127. The van der Waals surface area contributed by atoms with E-state index in [1.165, 1.54) is 10.8 Å². The second-order valence-electron chi connectivity index (χ2n) is 4.30. The summed E-state index contributed by atoms with van der Waals surface area (Å²) in [5.74, 6) is 0.256. The van der Waals surface area contributed by atoms with Gasteiger partial charge in [0.2, 0.25) is 0 Å². The van der Waals surface area contributed by atoms with Crippen LogP contribution in [0.5, 0.6) is 0 Å². The molecule has 2 rings (SSSR count). The molecular formula is C14H16O. The van der Waals surface area contributed by atoms with Crippen molar-refractivity contribution < 1.29 is 5.11 Å². The summed E-state index contributed by atoms with van der Waals surface area (Å²) in [7, 11) is 0. The van der Waals surface area contributed by atoms with Gasteiger partial charge in [0.25, 0.3) is 0 Å². The SMILES string of the molecule is CC(C)[C@H](O)c1ccc2ccccc2c1. The number of aliphatic hydroxyl groups excluding tert-OH is 1. The monoisotopic (exact) mass is 200 g/mol. The summed E-state index contributed by atoms with van der Waals surface area (Å²) >= 11 is 0. The molecule has 0 saturated heterocycles. The summed E-state index contributed by atoms with van der Waals surface area (Å²) in [4.78, 5) is 0. The minimum absolute atomic E-state index is 0.256. The molecule has 0 fully saturated rings. The van der Waals surface area contributed by atoms with Crippen molar-refractivity contribution in [3.8, 4) is 0 Å². The largest absolute Gasteiger partial charge is 0.388 e. The van der Waals surface area contributed by atoms with Gasteiger partial charge in [0.15, 0.2) is 0 Å². The van der Waals surface area contributed by atoms with Crippen molar-refractivity contribution in [2.24, 2.45) is 5.92 Å². The van der Waals surface area contributed by atoms with Crippen molar-refractivity contribution in [1.82, 2.24) is 0 Å². The number of fused-ring (bicyclic) bond motifs is 1. The normalized spacial score (nSPS) is 13.3. The van der Waals surface area contributed by atoms with Gasteiger partial charge in [0.05, 0.1) is 6.10 Å². The molecule has 0 aliphatic rings. The van der Waals surface area contributed by atoms with E-state index in [1.54, 1.807) is 0 Å². The van der Waals surface area contributed by atoms with E-state index in [0.29, 0.717) is 0 Å². The fraction of sp³-hybridized carbons (Fsp3) is 0.286. The predicted molar refractivity (Wildman–Crippen MR) is 63.7 cm³/mol. The molecule has 0 bridgehead atoms. The van der Waals surface area contributed by atoms with E-state index < -0.39 is 0 Å². The number of aliphatic hydroxyl groups is 1. The Kier molecular flexibility index (Phi) is 2.74. The molecule has 0 radical (unpaired) electrons. The van der Waals surface area contributed by atoms with Crippen LogP contribution in [-0.4, -0.2) is 5.11 Å². The highest BCUT2D eigenvalue weighted by Crippen LogP contribution is 2.24. The van der Waals surface area contributed by atoms with Crippen molar-refractivity contribution in [3.05, 3.63) is 48.0 Å². The Morgan fingerprint density at radius 3 is 2.27 bits per heavy atom. The summed E-state index contributed by atoms with van der Waals surface area (Å²) < 4.78 is 0. The zero-order chi connectivity index (χ0) is 10.8. The number of rotatable bonds is 2. The fourth-order valence-corrected chi connectivity index (χ4v) is 1.78. The minimum Gasteiger partial charge on any atom is -0.388 e. The third-order valence-electron chi connectivity index (χ3n) is 2.75. The molecule has 0 aromatic heterocycles. The summed E-state index contributed by atoms with van der Waals surface area (Å²) in [5.41, 5.74) is 1.00. The van der Waals surface area contributed by atoms with Gasteiger partial charge in [-0.1, -0.05) is 50.2 Å². The molecule has 15 heavy (non-hydrogen) atoms. The van der Waals surface area contributed by atoms with Crippen LogP contribution >= 0.6 is 0 Å². The maximum Gasteiger partial charge on any atom is 0.0813 e. The van der Waals surface area contributed by atoms with E-state index >= 15 is 0 Å². The lowest BCUT2D eigenvalue weighted by atomic mass is 9.97. The first kappa shape index (κ1) is 10.2. The smallest absolute Gasteiger partial charge is 0.0813 e. The number of hydrogen-bond acceptors (Lipinski definition) is 1. The molecule has 0 amide bonds. The highest BCUT2D eigenvalue weighted by molar-refractivity contribution is 5.83. The molecule has 1 heteroatoms. The van der Waals surface area contributed by atoms with E-state index in [1.807, 2.05) is 32.0 Å². The van der Waals surface area contributed by atoms with Crippen molar-refractivity contribution in [1.29, 1.82) is 0 Å². The molecule has 1 atom stereocenters. The number of hydrogen-bond donors (Lipinski definition) is 1. The van der Waals surface area contributed by atoms with Gasteiger partial charge in [-0.25, -0.2) is 0 Å². The van der Waals surface area contributed by atoms with Crippen LogP contribution in [0.1, 0.15) is 25.5 Å². The molecule has 2 aromatic rings. The highest BCUT2D eigenvalue weighted by Gasteiger charge is 2.11. The van der Waals surface area contributed by atoms with Crippen LogP contribution in [0.25, 0.3) is 10.8 Å². The standard InChI is InChI=1S/C14H16O/c1-10(2)14(15)13-8-7-11-5-3-4-6-12(11)9-13/h3-10,14-15H,1-2H3/t14-/m0/s1. The molecule has 0 unspecified atom stereocenters. The van der Waals surface area contributed by atoms with Gasteiger partial charge in [0, 0.05) is 0 Å². The van der Waals surface area contributed by atoms with E-state index in [0.717, 1.165) is 5.56 Å². The molecule has 0 saturated carbocycles. The summed E-state index contributed by atoms with van der Waals surface area (Å²) in [6.45, 7) is 4.06. The Hall–Kier alpha value is -1.34. The first-order valence-electron chi connectivity index (χ1n) is 5.35. The van der Waals surface area contributed by atoms with Gasteiger partial charge < -0.3 is 5.11 Å². The average molecular weight is 200 g/mol. The summed E-state index contributed by atoms with van der Waals surface area (Å²) in [5, 5.41) is 12.4. The van der Waals surface area contributed by atoms with E-state index in [-0.39, 0.29) is 12.0 Å². The van der Waals surface area contributed by atoms with Crippen molar-refractivity contribution in [3.63, 3.8) is 0 Å². The first-order valence-corrected chi connectivity index (χ1v) is 5.35. The molecule has 78 valence electrons. The van der Waals surface area contributed by atoms with Crippen LogP contribution in [0.4, 0.5) is 0 Å². The molecule has 2 aromatic carbocycles. The molecule has 1 N–H and O–H groups in total. The Balaban J connectivity index is 2.47. The van der Waals surface area contributed by atoms with Crippen molar-refractivity contribution >= 4 is 10.8 Å². The predicted octanol–water partition coefficient (Wildman–Crippen LogP) is 3.53. The average Bonchev–Trinajstić information content (AvgIpc) is 2.27. The first-order chi connectivity index (χ1) is 7.18. The quantitative estimate of drug-likeness (QED) is 0.786. The summed E-state index contributed by atoms with van der Waals surface area (Å²) in [6, 6.07) is 14.4. The Morgan fingerprint density at radius 2 is 1.60 bits per heavy atom. The van der Waals surface area contributed by atoms with Gasteiger partial charge in [0.1, 0.15) is 0 Å². The van der Waals surface area contributed by atoms with E-state index in [2.05, 4.69) is 24.3 Å². The molecule has 0 heterocycles. The molecular weight excluding hydrogens is 184 g/mol. The van der Waals surface area contributed by atoms with Crippen LogP contribution in [0.2, 0.25) is 0 Å². The molecule has 0 spiro atoms. The Morgan fingerprint density at radius 1 is 0.933 bits per heavy atom. The van der Waals surface area contributed by atoms with Crippen LogP contribution in [0.3, 0.4) is 0 Å². The van der Waals surface area contributed by atoms with E-state index in [4.69, 9.17) is 0 Å². The van der Waals surface area contributed by atoms with Crippen LogP contribution in [0, 0.1) is 5.92 Å². The molecule has 0 aliphatic heterocycles. The Bertz CT molecular complexity index is 460. The van der Waals surface area contributed by atoms with Gasteiger partial charge >= 0.3 is 0 Å². The lowest BCUT2D eigenvalue weighted by Crippen LogP contribution is -2.04. The zero-order valence-corrected chi connectivity index (χ0v) is 9.14. The second kappa shape index (κ2) is 4.03. The maximum atomic E-state index is 9.96.